The number of aromatic nitrogens is 3. The van der Waals surface area contributed by atoms with Crippen molar-refractivity contribution in [1.29, 1.82) is 0 Å². The third-order valence-electron chi connectivity index (χ3n) is 2.35. The predicted molar refractivity (Wildman–Crippen MR) is 67.3 cm³/mol. The molecule has 2 aromatic heterocycles. The summed E-state index contributed by atoms with van der Waals surface area (Å²) in [7, 11) is 0. The van der Waals surface area contributed by atoms with E-state index in [0.29, 0.717) is 13.1 Å². The third kappa shape index (κ3) is 2.83. The molecule has 0 atom stereocenters. The van der Waals surface area contributed by atoms with Crippen LogP contribution in [0.15, 0.2) is 40.0 Å². The van der Waals surface area contributed by atoms with Gasteiger partial charge < -0.3 is 4.57 Å². The third-order valence-corrected chi connectivity index (χ3v) is 2.76. The molecule has 0 unspecified atom stereocenters. The van der Waals surface area contributed by atoms with Crippen molar-refractivity contribution in [1.82, 2.24) is 14.3 Å². The fourth-order valence-corrected chi connectivity index (χ4v) is 1.80. The van der Waals surface area contributed by atoms with E-state index in [1.165, 1.54) is 22.9 Å². The van der Waals surface area contributed by atoms with E-state index in [4.69, 9.17) is 0 Å². The molecule has 0 aliphatic heterocycles. The largest absolute Gasteiger partial charge is 0.307 e. The molecule has 0 saturated carbocycles. The first-order valence-corrected chi connectivity index (χ1v) is 5.88. The van der Waals surface area contributed by atoms with E-state index >= 15 is 0 Å². The van der Waals surface area contributed by atoms with E-state index in [1.54, 1.807) is 17.1 Å². The van der Waals surface area contributed by atoms with Crippen LogP contribution in [0.2, 0.25) is 0 Å². The number of hydrogen-bond acceptors (Lipinski definition) is 4. The van der Waals surface area contributed by atoms with Gasteiger partial charge in [0.05, 0.1) is 28.3 Å². The lowest BCUT2D eigenvalue weighted by molar-refractivity contribution is -0.385. The molecule has 8 heteroatoms. The highest BCUT2D eigenvalue weighted by molar-refractivity contribution is 9.10. The Balaban J connectivity index is 2.16. The van der Waals surface area contributed by atoms with E-state index < -0.39 is 4.92 Å². The number of nitrogens with zero attached hydrogens (tertiary/aromatic N) is 4. The van der Waals surface area contributed by atoms with Crippen molar-refractivity contribution in [2.75, 3.05) is 0 Å². The first-order valence-electron chi connectivity index (χ1n) is 5.09. The Bertz CT molecular complexity index is 634. The van der Waals surface area contributed by atoms with Crippen LogP contribution in [0.3, 0.4) is 0 Å². The van der Waals surface area contributed by atoms with Crippen molar-refractivity contribution < 1.29 is 4.92 Å². The van der Waals surface area contributed by atoms with Crippen molar-refractivity contribution in [3.8, 4) is 0 Å². The number of rotatable bonds is 4. The van der Waals surface area contributed by atoms with Crippen molar-refractivity contribution in [3.05, 3.63) is 55.7 Å². The Morgan fingerprint density at radius 1 is 1.33 bits per heavy atom. The molecule has 0 bridgehead atoms. The summed E-state index contributed by atoms with van der Waals surface area (Å²) in [6.45, 7) is 0.793. The molecule has 94 valence electrons. The van der Waals surface area contributed by atoms with Crippen molar-refractivity contribution in [2.45, 2.75) is 13.1 Å². The Labute approximate surface area is 110 Å². The smallest absolute Gasteiger partial charge is 0.285 e. The topological polar surface area (TPSA) is 83.0 Å². The summed E-state index contributed by atoms with van der Waals surface area (Å²) in [5, 5.41) is 14.6. The van der Waals surface area contributed by atoms with Crippen LogP contribution < -0.4 is 5.56 Å². The molecule has 0 fully saturated rings. The molecule has 7 nitrogen and oxygen atoms in total. The van der Waals surface area contributed by atoms with Crippen molar-refractivity contribution in [3.63, 3.8) is 0 Å². The summed E-state index contributed by atoms with van der Waals surface area (Å²) >= 11 is 3.26. The van der Waals surface area contributed by atoms with Crippen LogP contribution in [0.4, 0.5) is 5.69 Å². The Kier molecular flexibility index (Phi) is 3.56. The quantitative estimate of drug-likeness (QED) is 0.631. The number of halogens is 1. The van der Waals surface area contributed by atoms with E-state index in [1.807, 2.05) is 0 Å². The molecule has 0 spiro atoms. The van der Waals surface area contributed by atoms with Crippen molar-refractivity contribution >= 4 is 21.6 Å². The minimum Gasteiger partial charge on any atom is -0.307 e. The van der Waals surface area contributed by atoms with Crippen LogP contribution in [-0.4, -0.2) is 19.3 Å². The Morgan fingerprint density at radius 2 is 2.11 bits per heavy atom. The predicted octanol–water partition coefficient (Wildman–Crippen LogP) is 1.42. The second kappa shape index (κ2) is 5.13. The van der Waals surface area contributed by atoms with Crippen LogP contribution in [0.1, 0.15) is 0 Å². The molecule has 0 radical (unpaired) electrons. The zero-order chi connectivity index (χ0) is 13.1. The maximum Gasteiger partial charge on any atom is 0.285 e. The molecule has 0 aliphatic carbocycles. The van der Waals surface area contributed by atoms with Crippen LogP contribution in [0.5, 0.6) is 0 Å². The van der Waals surface area contributed by atoms with E-state index in [0.717, 1.165) is 4.47 Å². The van der Waals surface area contributed by atoms with E-state index in [2.05, 4.69) is 21.0 Å². The summed E-state index contributed by atoms with van der Waals surface area (Å²) in [5.41, 5.74) is -0.372. The van der Waals surface area contributed by atoms with Gasteiger partial charge in [-0.3, -0.25) is 19.6 Å². The van der Waals surface area contributed by atoms with Crippen LogP contribution in [0.25, 0.3) is 0 Å². The van der Waals surface area contributed by atoms with Gasteiger partial charge in [0.2, 0.25) is 0 Å². The highest BCUT2D eigenvalue weighted by Gasteiger charge is 2.07. The molecule has 0 aromatic carbocycles. The van der Waals surface area contributed by atoms with Gasteiger partial charge in [-0.2, -0.15) is 5.10 Å². The standard InChI is InChI=1S/C10H9BrN4O3/c11-8-5-12-14(6-8)4-3-13-7-9(15(17)18)1-2-10(13)16/h1-2,5-7H,3-4H2. The Hall–Kier alpha value is -1.96. The van der Waals surface area contributed by atoms with E-state index in [-0.39, 0.29) is 11.2 Å². The normalized spacial score (nSPS) is 10.5. The zero-order valence-corrected chi connectivity index (χ0v) is 10.8. The monoisotopic (exact) mass is 312 g/mol. The summed E-state index contributed by atoms with van der Waals surface area (Å²) in [5.74, 6) is 0. The molecule has 0 saturated heterocycles. The molecule has 2 heterocycles. The fourth-order valence-electron chi connectivity index (χ4n) is 1.47. The molecule has 18 heavy (non-hydrogen) atoms. The van der Waals surface area contributed by atoms with Gasteiger partial charge in [-0.15, -0.1) is 0 Å². The number of nitro groups is 1. The molecular formula is C10H9BrN4O3. The van der Waals surface area contributed by atoms with Gasteiger partial charge in [-0.25, -0.2) is 0 Å². The highest BCUT2D eigenvalue weighted by atomic mass is 79.9. The minimum absolute atomic E-state index is 0.101. The number of aryl methyl sites for hydroxylation is 2. The van der Waals surface area contributed by atoms with Gasteiger partial charge in [-0.05, 0) is 15.9 Å². The van der Waals surface area contributed by atoms with Gasteiger partial charge in [-0.1, -0.05) is 0 Å². The minimum atomic E-state index is -0.527. The SMILES string of the molecule is O=c1ccc([N+](=O)[O-])cn1CCn1cc(Br)cn1. The summed E-state index contributed by atoms with van der Waals surface area (Å²) in [6.07, 6.45) is 4.64. The lowest BCUT2D eigenvalue weighted by Gasteiger charge is -2.05. The van der Waals surface area contributed by atoms with Crippen molar-refractivity contribution in [2.24, 2.45) is 0 Å². The summed E-state index contributed by atoms with van der Waals surface area (Å²) < 4.78 is 3.79. The zero-order valence-electron chi connectivity index (χ0n) is 9.19. The van der Waals surface area contributed by atoms with Gasteiger partial charge >= 0.3 is 0 Å². The fraction of sp³-hybridized carbons (Fsp3) is 0.200. The molecule has 0 aliphatic rings. The van der Waals surface area contributed by atoms with Gasteiger partial charge in [0.25, 0.3) is 11.2 Å². The summed E-state index contributed by atoms with van der Waals surface area (Å²) in [4.78, 5) is 21.6. The van der Waals surface area contributed by atoms with E-state index in [9.17, 15) is 14.9 Å². The molecule has 2 rings (SSSR count). The number of pyridine rings is 1. The van der Waals surface area contributed by atoms with Crippen LogP contribution in [-0.2, 0) is 13.1 Å². The van der Waals surface area contributed by atoms with Gasteiger partial charge in [0.1, 0.15) is 0 Å². The maximum atomic E-state index is 11.5. The van der Waals surface area contributed by atoms with Gasteiger partial charge in [0.15, 0.2) is 0 Å². The average Bonchev–Trinajstić information content (AvgIpc) is 2.74. The van der Waals surface area contributed by atoms with Crippen LogP contribution in [0, 0.1) is 10.1 Å². The van der Waals surface area contributed by atoms with Crippen LogP contribution >= 0.6 is 15.9 Å². The Morgan fingerprint density at radius 3 is 2.72 bits per heavy atom. The first kappa shape index (κ1) is 12.5. The highest BCUT2D eigenvalue weighted by Crippen LogP contribution is 2.08. The van der Waals surface area contributed by atoms with Gasteiger partial charge in [0, 0.05) is 24.9 Å². The first-order chi connectivity index (χ1) is 8.56. The molecule has 2 aromatic rings. The second-order valence-corrected chi connectivity index (χ2v) is 4.51. The second-order valence-electron chi connectivity index (χ2n) is 3.60. The molecular weight excluding hydrogens is 304 g/mol. The lowest BCUT2D eigenvalue weighted by Crippen LogP contribution is -2.21. The molecule has 0 N–H and O–H groups in total. The maximum absolute atomic E-state index is 11.5. The average molecular weight is 313 g/mol. The number of hydrogen-bond donors (Lipinski definition) is 0. The lowest BCUT2D eigenvalue weighted by atomic mass is 10.4. The molecule has 0 amide bonds. The summed E-state index contributed by atoms with van der Waals surface area (Å²) in [6, 6.07) is 2.39.